The van der Waals surface area contributed by atoms with Crippen LogP contribution in [-0.4, -0.2) is 17.9 Å². The number of rotatable bonds is 3. The summed E-state index contributed by atoms with van der Waals surface area (Å²) in [5.74, 6) is -0.190. The van der Waals surface area contributed by atoms with Gasteiger partial charge in [0.2, 0.25) is 11.8 Å². The van der Waals surface area contributed by atoms with E-state index in [0.29, 0.717) is 25.1 Å². The first-order chi connectivity index (χ1) is 8.15. The van der Waals surface area contributed by atoms with E-state index in [4.69, 9.17) is 5.73 Å². The number of nitrogen functional groups attached to an aromatic ring is 1. The summed E-state index contributed by atoms with van der Waals surface area (Å²) in [6.07, 6.45) is 1.01. The van der Waals surface area contributed by atoms with Crippen molar-refractivity contribution < 1.29 is 9.59 Å². The van der Waals surface area contributed by atoms with Gasteiger partial charge in [0.05, 0.1) is 0 Å². The summed E-state index contributed by atoms with van der Waals surface area (Å²) in [6.45, 7) is 0.450. The molecule has 1 aromatic rings. The highest BCUT2D eigenvalue weighted by Crippen LogP contribution is 2.08. The molecule has 2 amide bonds. The number of hydrogen-bond donors (Lipinski definition) is 3. The topological polar surface area (TPSA) is 84.2 Å². The van der Waals surface area contributed by atoms with Gasteiger partial charge in [0.15, 0.2) is 0 Å². The molecule has 0 aromatic heterocycles. The van der Waals surface area contributed by atoms with Crippen molar-refractivity contribution in [2.45, 2.75) is 25.4 Å². The van der Waals surface area contributed by atoms with E-state index in [1.807, 2.05) is 12.1 Å². The molecule has 1 aromatic carbocycles. The van der Waals surface area contributed by atoms with Crippen molar-refractivity contribution in [3.63, 3.8) is 0 Å². The second-order valence-corrected chi connectivity index (χ2v) is 4.12. The monoisotopic (exact) mass is 233 g/mol. The van der Waals surface area contributed by atoms with E-state index in [1.165, 1.54) is 0 Å². The molecule has 1 aliphatic rings. The van der Waals surface area contributed by atoms with Crippen molar-refractivity contribution in [3.8, 4) is 0 Å². The number of hydrogen-bond acceptors (Lipinski definition) is 3. The number of nitrogens with one attached hydrogen (secondary N) is 2. The standard InChI is InChI=1S/C12H15N3O2/c13-9-3-1-8(2-4-9)7-14-12(17)10-5-6-11(16)15-10/h1-4,10H,5-7,13H2,(H,14,17)(H,15,16)/t10-/m0/s1. The molecule has 1 aliphatic heterocycles. The van der Waals surface area contributed by atoms with Gasteiger partial charge in [0.1, 0.15) is 6.04 Å². The Hall–Kier alpha value is -2.04. The molecular weight excluding hydrogens is 218 g/mol. The van der Waals surface area contributed by atoms with Crippen molar-refractivity contribution in [3.05, 3.63) is 29.8 Å². The molecule has 1 saturated heterocycles. The van der Waals surface area contributed by atoms with Gasteiger partial charge in [0, 0.05) is 18.7 Å². The van der Waals surface area contributed by atoms with Gasteiger partial charge in [-0.2, -0.15) is 0 Å². The summed E-state index contributed by atoms with van der Waals surface area (Å²) in [5, 5.41) is 5.41. The largest absolute Gasteiger partial charge is 0.399 e. The number of amides is 2. The zero-order valence-corrected chi connectivity index (χ0v) is 9.40. The Balaban J connectivity index is 1.84. The van der Waals surface area contributed by atoms with E-state index in [-0.39, 0.29) is 17.9 Å². The first-order valence-corrected chi connectivity index (χ1v) is 5.56. The summed E-state index contributed by atoms with van der Waals surface area (Å²) >= 11 is 0. The second kappa shape index (κ2) is 4.86. The zero-order valence-electron chi connectivity index (χ0n) is 9.40. The molecule has 0 aliphatic carbocycles. The summed E-state index contributed by atoms with van der Waals surface area (Å²) in [4.78, 5) is 22.6. The average Bonchev–Trinajstić information content (AvgIpc) is 2.75. The van der Waals surface area contributed by atoms with Crippen LogP contribution in [0.2, 0.25) is 0 Å². The Morgan fingerprint density at radius 3 is 2.71 bits per heavy atom. The normalized spacial score (nSPS) is 18.8. The fraction of sp³-hybridized carbons (Fsp3) is 0.333. The molecule has 1 atom stereocenters. The highest BCUT2D eigenvalue weighted by atomic mass is 16.2. The van der Waals surface area contributed by atoms with Crippen LogP contribution in [0.25, 0.3) is 0 Å². The maximum absolute atomic E-state index is 11.7. The van der Waals surface area contributed by atoms with Crippen LogP contribution in [0.5, 0.6) is 0 Å². The number of anilines is 1. The Morgan fingerprint density at radius 1 is 1.41 bits per heavy atom. The molecule has 0 bridgehead atoms. The van der Waals surface area contributed by atoms with Gasteiger partial charge in [0.25, 0.3) is 0 Å². The minimum Gasteiger partial charge on any atom is -0.399 e. The first kappa shape index (κ1) is 11.4. The van der Waals surface area contributed by atoms with Gasteiger partial charge >= 0.3 is 0 Å². The molecule has 0 radical (unpaired) electrons. The van der Waals surface area contributed by atoms with Crippen molar-refractivity contribution >= 4 is 17.5 Å². The van der Waals surface area contributed by atoms with E-state index >= 15 is 0 Å². The van der Waals surface area contributed by atoms with E-state index in [9.17, 15) is 9.59 Å². The SMILES string of the molecule is Nc1ccc(CNC(=O)[C@@H]2CCC(=O)N2)cc1. The lowest BCUT2D eigenvalue weighted by Crippen LogP contribution is -2.41. The predicted molar refractivity (Wildman–Crippen MR) is 63.9 cm³/mol. The van der Waals surface area contributed by atoms with Crippen LogP contribution in [0.15, 0.2) is 24.3 Å². The van der Waals surface area contributed by atoms with Gasteiger partial charge in [-0.3, -0.25) is 9.59 Å². The predicted octanol–water partition coefficient (Wildman–Crippen LogP) is 0.164. The summed E-state index contributed by atoms with van der Waals surface area (Å²) in [6, 6.07) is 6.93. The smallest absolute Gasteiger partial charge is 0.242 e. The summed E-state index contributed by atoms with van der Waals surface area (Å²) < 4.78 is 0. The van der Waals surface area contributed by atoms with Crippen LogP contribution in [0, 0.1) is 0 Å². The number of benzene rings is 1. The molecule has 5 nitrogen and oxygen atoms in total. The average molecular weight is 233 g/mol. The van der Waals surface area contributed by atoms with Crippen LogP contribution >= 0.6 is 0 Å². The lowest BCUT2D eigenvalue weighted by molar-refractivity contribution is -0.125. The number of nitrogens with two attached hydrogens (primary N) is 1. The molecular formula is C12H15N3O2. The fourth-order valence-electron chi connectivity index (χ4n) is 1.76. The zero-order chi connectivity index (χ0) is 12.3. The molecule has 0 saturated carbocycles. The van der Waals surface area contributed by atoms with Crippen molar-refractivity contribution in [1.29, 1.82) is 0 Å². The Kier molecular flexibility index (Phi) is 3.27. The van der Waals surface area contributed by atoms with Gasteiger partial charge in [-0.25, -0.2) is 0 Å². The molecule has 5 heteroatoms. The quantitative estimate of drug-likeness (QED) is 0.650. The Bertz CT molecular complexity index is 428. The third-order valence-corrected chi connectivity index (χ3v) is 2.76. The maximum Gasteiger partial charge on any atom is 0.242 e. The van der Waals surface area contributed by atoms with E-state index in [1.54, 1.807) is 12.1 Å². The van der Waals surface area contributed by atoms with E-state index in [0.717, 1.165) is 5.56 Å². The van der Waals surface area contributed by atoms with E-state index in [2.05, 4.69) is 10.6 Å². The third-order valence-electron chi connectivity index (χ3n) is 2.76. The van der Waals surface area contributed by atoms with Crippen molar-refractivity contribution in [2.75, 3.05) is 5.73 Å². The van der Waals surface area contributed by atoms with Crippen LogP contribution in [0.1, 0.15) is 18.4 Å². The van der Waals surface area contributed by atoms with Crippen molar-refractivity contribution in [1.82, 2.24) is 10.6 Å². The third kappa shape index (κ3) is 2.96. The second-order valence-electron chi connectivity index (χ2n) is 4.12. The van der Waals surface area contributed by atoms with Gasteiger partial charge in [-0.1, -0.05) is 12.1 Å². The Morgan fingerprint density at radius 2 is 2.12 bits per heavy atom. The van der Waals surface area contributed by atoms with Gasteiger partial charge in [-0.05, 0) is 24.1 Å². The van der Waals surface area contributed by atoms with Gasteiger partial charge in [-0.15, -0.1) is 0 Å². The lowest BCUT2D eigenvalue weighted by Gasteiger charge is -2.10. The first-order valence-electron chi connectivity index (χ1n) is 5.56. The highest BCUT2D eigenvalue weighted by molar-refractivity contribution is 5.90. The molecule has 17 heavy (non-hydrogen) atoms. The molecule has 1 fully saturated rings. The fourth-order valence-corrected chi connectivity index (χ4v) is 1.76. The summed E-state index contributed by atoms with van der Waals surface area (Å²) in [5.41, 5.74) is 7.24. The van der Waals surface area contributed by atoms with Crippen LogP contribution in [0.4, 0.5) is 5.69 Å². The van der Waals surface area contributed by atoms with E-state index < -0.39 is 0 Å². The lowest BCUT2D eigenvalue weighted by atomic mass is 10.2. The molecule has 0 unspecified atom stereocenters. The minimum atomic E-state index is -0.378. The number of carbonyl (C=O) groups excluding carboxylic acids is 2. The Labute approximate surface area is 99.4 Å². The van der Waals surface area contributed by atoms with Crippen molar-refractivity contribution in [2.24, 2.45) is 0 Å². The molecule has 0 spiro atoms. The maximum atomic E-state index is 11.7. The minimum absolute atomic E-state index is 0.0577. The number of carbonyl (C=O) groups is 2. The molecule has 2 rings (SSSR count). The molecule has 90 valence electrons. The summed E-state index contributed by atoms with van der Waals surface area (Å²) in [7, 11) is 0. The molecule has 1 heterocycles. The highest BCUT2D eigenvalue weighted by Gasteiger charge is 2.26. The van der Waals surface area contributed by atoms with Crippen LogP contribution in [-0.2, 0) is 16.1 Å². The molecule has 4 N–H and O–H groups in total. The van der Waals surface area contributed by atoms with Crippen LogP contribution in [0.3, 0.4) is 0 Å². The van der Waals surface area contributed by atoms with Crippen LogP contribution < -0.4 is 16.4 Å². The van der Waals surface area contributed by atoms with Gasteiger partial charge < -0.3 is 16.4 Å².